The van der Waals surface area contributed by atoms with E-state index in [0.29, 0.717) is 18.8 Å². The number of anilines is 1. The largest absolute Gasteiger partial charge is 0.485 e. The highest BCUT2D eigenvalue weighted by Crippen LogP contribution is 2.30. The number of rotatable bonds is 4. The van der Waals surface area contributed by atoms with E-state index in [1.165, 1.54) is 19.1 Å². The maximum absolute atomic E-state index is 12.3. The van der Waals surface area contributed by atoms with E-state index < -0.39 is 0 Å². The molecule has 2 fully saturated rings. The van der Waals surface area contributed by atoms with Crippen LogP contribution in [0.1, 0.15) is 29.8 Å². The predicted octanol–water partition coefficient (Wildman–Crippen LogP) is 1.96. The Bertz CT molecular complexity index is 698. The quantitative estimate of drug-likeness (QED) is 0.854. The number of nitrogens with zero attached hydrogens (tertiary/aromatic N) is 4. The maximum Gasteiger partial charge on any atom is 0.276 e. The highest BCUT2D eigenvalue weighted by atomic mass is 16.5. The average Bonchev–Trinajstić information content (AvgIpc) is 3.36. The topological polar surface area (TPSA) is 71.7 Å². The van der Waals surface area contributed by atoms with Gasteiger partial charge in [0.2, 0.25) is 0 Å². The molecule has 7 nitrogen and oxygen atoms in total. The molecule has 2 saturated heterocycles. The molecule has 2 aliphatic rings. The van der Waals surface area contributed by atoms with E-state index in [4.69, 9.17) is 9.26 Å². The normalized spacial score (nSPS) is 20.6. The molecule has 0 aliphatic carbocycles. The van der Waals surface area contributed by atoms with Crippen LogP contribution in [0.4, 0.5) is 5.82 Å². The first-order valence-electron chi connectivity index (χ1n) is 8.37. The molecule has 7 heteroatoms. The molecule has 0 spiro atoms. The number of carbonyl (C=O) groups excluding carboxylic acids is 1. The third-order valence-corrected chi connectivity index (χ3v) is 4.54. The fourth-order valence-electron chi connectivity index (χ4n) is 3.31. The molecular formula is C17H20N4O3. The lowest BCUT2D eigenvalue weighted by molar-refractivity contribution is 0.0762. The molecule has 2 aromatic rings. The van der Waals surface area contributed by atoms with Crippen molar-refractivity contribution in [3.05, 3.63) is 36.4 Å². The van der Waals surface area contributed by atoms with Crippen LogP contribution in [-0.2, 0) is 0 Å². The molecule has 0 N–H and O–H groups in total. The van der Waals surface area contributed by atoms with Crippen LogP contribution in [-0.4, -0.2) is 53.2 Å². The zero-order valence-electron chi connectivity index (χ0n) is 13.4. The molecule has 0 radical (unpaired) electrons. The Morgan fingerprint density at radius 3 is 2.92 bits per heavy atom. The second-order valence-corrected chi connectivity index (χ2v) is 6.18. The lowest BCUT2D eigenvalue weighted by Gasteiger charge is -2.22. The van der Waals surface area contributed by atoms with E-state index >= 15 is 0 Å². The summed E-state index contributed by atoms with van der Waals surface area (Å²) in [5.41, 5.74) is 0.342. The van der Waals surface area contributed by atoms with E-state index in [-0.39, 0.29) is 12.0 Å². The van der Waals surface area contributed by atoms with Crippen molar-refractivity contribution in [1.82, 2.24) is 15.0 Å². The number of hydrogen-bond donors (Lipinski definition) is 0. The monoisotopic (exact) mass is 328 g/mol. The van der Waals surface area contributed by atoms with Gasteiger partial charge in [0.15, 0.2) is 17.3 Å². The summed E-state index contributed by atoms with van der Waals surface area (Å²) < 4.78 is 10.9. The molecule has 0 unspecified atom stereocenters. The molecule has 126 valence electrons. The van der Waals surface area contributed by atoms with E-state index in [1.54, 1.807) is 17.2 Å². The number of carbonyl (C=O) groups is 1. The van der Waals surface area contributed by atoms with Gasteiger partial charge in [-0.05, 0) is 25.0 Å². The summed E-state index contributed by atoms with van der Waals surface area (Å²) >= 11 is 0. The predicted molar refractivity (Wildman–Crippen MR) is 87.1 cm³/mol. The zero-order valence-corrected chi connectivity index (χ0v) is 13.4. The molecule has 1 atom stereocenters. The Morgan fingerprint density at radius 1 is 1.25 bits per heavy atom. The van der Waals surface area contributed by atoms with Crippen molar-refractivity contribution >= 4 is 11.7 Å². The molecule has 4 rings (SSSR count). The lowest BCUT2D eigenvalue weighted by Crippen LogP contribution is -2.31. The van der Waals surface area contributed by atoms with E-state index in [2.05, 4.69) is 15.0 Å². The first-order chi connectivity index (χ1) is 11.8. The van der Waals surface area contributed by atoms with E-state index in [0.717, 1.165) is 31.1 Å². The van der Waals surface area contributed by atoms with Gasteiger partial charge in [-0.2, -0.15) is 0 Å². The minimum atomic E-state index is -0.110. The average molecular weight is 328 g/mol. The van der Waals surface area contributed by atoms with Crippen molar-refractivity contribution in [1.29, 1.82) is 0 Å². The Balaban J connectivity index is 1.43. The van der Waals surface area contributed by atoms with Crippen molar-refractivity contribution in [3.8, 4) is 5.75 Å². The molecule has 24 heavy (non-hydrogen) atoms. The van der Waals surface area contributed by atoms with Crippen molar-refractivity contribution in [2.24, 2.45) is 0 Å². The lowest BCUT2D eigenvalue weighted by atomic mass is 10.3. The number of likely N-dealkylation sites (tertiary alicyclic amines) is 1. The molecule has 0 saturated carbocycles. The van der Waals surface area contributed by atoms with Crippen LogP contribution in [0, 0.1) is 0 Å². The minimum Gasteiger partial charge on any atom is -0.485 e. The highest BCUT2D eigenvalue weighted by molar-refractivity contribution is 5.92. The Morgan fingerprint density at radius 2 is 2.12 bits per heavy atom. The first-order valence-corrected chi connectivity index (χ1v) is 8.37. The van der Waals surface area contributed by atoms with Crippen molar-refractivity contribution in [2.45, 2.75) is 25.4 Å². The summed E-state index contributed by atoms with van der Waals surface area (Å²) in [6, 6.07) is 5.44. The maximum atomic E-state index is 12.3. The van der Waals surface area contributed by atoms with Crippen LogP contribution in [0.25, 0.3) is 0 Å². The zero-order chi connectivity index (χ0) is 16.4. The van der Waals surface area contributed by atoms with Gasteiger partial charge in [-0.15, -0.1) is 0 Å². The molecule has 1 amide bonds. The summed E-state index contributed by atoms with van der Waals surface area (Å²) in [6.07, 6.45) is 6.38. The van der Waals surface area contributed by atoms with Gasteiger partial charge < -0.3 is 19.1 Å². The second-order valence-electron chi connectivity index (χ2n) is 6.18. The Kier molecular flexibility index (Phi) is 4.06. The number of aromatic nitrogens is 2. The van der Waals surface area contributed by atoms with Gasteiger partial charge in [-0.25, -0.2) is 4.98 Å². The number of pyridine rings is 1. The van der Waals surface area contributed by atoms with Crippen LogP contribution in [0.2, 0.25) is 0 Å². The fourth-order valence-corrected chi connectivity index (χ4v) is 3.31. The SMILES string of the molecule is O=C(c1ccon1)N1CC[C@@H](Oc2cccnc2N2CCCC2)C1. The van der Waals surface area contributed by atoms with Gasteiger partial charge in [0.25, 0.3) is 5.91 Å². The van der Waals surface area contributed by atoms with Crippen molar-refractivity contribution in [2.75, 3.05) is 31.1 Å². The fraction of sp³-hybridized carbons (Fsp3) is 0.471. The van der Waals surface area contributed by atoms with Crippen molar-refractivity contribution < 1.29 is 14.1 Å². The summed E-state index contributed by atoms with van der Waals surface area (Å²) in [5, 5.41) is 3.71. The molecular weight excluding hydrogens is 308 g/mol. The minimum absolute atomic E-state index is 0.0218. The van der Waals surface area contributed by atoms with Crippen LogP contribution in [0.3, 0.4) is 0 Å². The number of ether oxygens (including phenoxy) is 1. The summed E-state index contributed by atoms with van der Waals surface area (Å²) in [4.78, 5) is 20.8. The Labute approximate surface area is 140 Å². The summed E-state index contributed by atoms with van der Waals surface area (Å²) in [7, 11) is 0. The van der Waals surface area contributed by atoms with Gasteiger partial charge in [0.05, 0.1) is 6.54 Å². The number of amides is 1. The van der Waals surface area contributed by atoms with Crippen molar-refractivity contribution in [3.63, 3.8) is 0 Å². The second kappa shape index (κ2) is 6.51. The van der Waals surface area contributed by atoms with Crippen LogP contribution < -0.4 is 9.64 Å². The van der Waals surface area contributed by atoms with Crippen LogP contribution in [0.15, 0.2) is 35.2 Å². The van der Waals surface area contributed by atoms with Gasteiger partial charge in [0.1, 0.15) is 12.4 Å². The molecule has 0 bridgehead atoms. The van der Waals surface area contributed by atoms with Gasteiger partial charge >= 0.3 is 0 Å². The smallest absolute Gasteiger partial charge is 0.276 e. The third-order valence-electron chi connectivity index (χ3n) is 4.54. The molecule has 2 aliphatic heterocycles. The van der Waals surface area contributed by atoms with Gasteiger partial charge in [0, 0.05) is 38.3 Å². The molecule has 2 aromatic heterocycles. The van der Waals surface area contributed by atoms with E-state index in [1.807, 2.05) is 12.1 Å². The van der Waals surface area contributed by atoms with E-state index in [9.17, 15) is 4.79 Å². The Hall–Kier alpha value is -2.57. The molecule has 4 heterocycles. The molecule has 0 aromatic carbocycles. The summed E-state index contributed by atoms with van der Waals surface area (Å²) in [6.45, 7) is 3.26. The number of hydrogen-bond acceptors (Lipinski definition) is 6. The van der Waals surface area contributed by atoms with Gasteiger partial charge in [-0.3, -0.25) is 4.79 Å². The van der Waals surface area contributed by atoms with Crippen LogP contribution in [0.5, 0.6) is 5.75 Å². The first kappa shape index (κ1) is 15.0. The standard InChI is InChI=1S/C17H20N4O3/c22-17(14-6-11-23-19-14)21-10-5-13(12-21)24-15-4-3-7-18-16(15)20-8-1-2-9-20/h3-4,6-7,11,13H,1-2,5,8-10,12H2/t13-/m1/s1. The van der Waals surface area contributed by atoms with Gasteiger partial charge in [-0.1, -0.05) is 5.16 Å². The van der Waals surface area contributed by atoms with Crippen LogP contribution >= 0.6 is 0 Å². The highest BCUT2D eigenvalue weighted by Gasteiger charge is 2.30. The third kappa shape index (κ3) is 2.93. The summed E-state index contributed by atoms with van der Waals surface area (Å²) in [5.74, 6) is 1.61.